The maximum Gasteiger partial charge on any atom is 0.184 e. The first kappa shape index (κ1) is 23.1. The largest absolute Gasteiger partial charge is 0.496 e. The Balaban J connectivity index is 1.91. The number of anilines is 1. The van der Waals surface area contributed by atoms with Gasteiger partial charge in [0.25, 0.3) is 0 Å². The van der Waals surface area contributed by atoms with Gasteiger partial charge in [-0.15, -0.1) is 17.8 Å². The van der Waals surface area contributed by atoms with Crippen LogP contribution in [0.1, 0.15) is 21.9 Å². The summed E-state index contributed by atoms with van der Waals surface area (Å²) in [5.74, 6) is 3.06. The van der Waals surface area contributed by atoms with Crippen molar-refractivity contribution < 1.29 is 13.9 Å². The van der Waals surface area contributed by atoms with E-state index in [1.807, 2.05) is 19.9 Å². The van der Waals surface area contributed by atoms with Crippen molar-refractivity contribution in [2.75, 3.05) is 26.1 Å². The van der Waals surface area contributed by atoms with Crippen LogP contribution in [0.3, 0.4) is 0 Å². The summed E-state index contributed by atoms with van der Waals surface area (Å²) >= 11 is 8.00. The van der Waals surface area contributed by atoms with Crippen LogP contribution in [-0.2, 0) is 4.74 Å². The molecule has 0 radical (unpaired) electrons. The SMILES string of the molecule is C#CC(Nc1nc(-c2cc(C)c(OC)cc2Cl)c(C)s1)[C@H](COC)c1ccc(F)cc1. The average Bonchev–Trinajstić information content (AvgIpc) is 3.12. The third-order valence-electron chi connectivity index (χ3n) is 5.04. The third-order valence-corrected chi connectivity index (χ3v) is 6.26. The van der Waals surface area contributed by atoms with E-state index >= 15 is 0 Å². The molecule has 0 bridgehead atoms. The van der Waals surface area contributed by atoms with Gasteiger partial charge in [0.15, 0.2) is 5.13 Å². The van der Waals surface area contributed by atoms with Crippen LogP contribution in [0.5, 0.6) is 5.75 Å². The molecule has 0 saturated carbocycles. The minimum Gasteiger partial charge on any atom is -0.496 e. The molecule has 3 rings (SSSR count). The first-order chi connectivity index (χ1) is 14.9. The van der Waals surface area contributed by atoms with Gasteiger partial charge in [-0.25, -0.2) is 9.37 Å². The van der Waals surface area contributed by atoms with Crippen molar-refractivity contribution in [1.29, 1.82) is 0 Å². The molecular formula is C24H24ClFN2O2S. The quantitative estimate of drug-likeness (QED) is 0.416. The zero-order valence-corrected chi connectivity index (χ0v) is 19.4. The standard InChI is InChI=1S/C24H24ClFN2O2S/c1-6-21(19(13-29-4)16-7-9-17(26)10-8-16)27-24-28-23(15(3)31-24)18-11-14(2)22(30-5)12-20(18)25/h1,7-12,19,21H,13H2,2-5H3,(H,27,28)/t19-,21?/m1/s1. The molecule has 1 aromatic heterocycles. The van der Waals surface area contributed by atoms with Crippen LogP contribution in [0.15, 0.2) is 36.4 Å². The number of benzene rings is 2. The molecule has 4 nitrogen and oxygen atoms in total. The number of methoxy groups -OCH3 is 2. The summed E-state index contributed by atoms with van der Waals surface area (Å²) in [7, 11) is 3.23. The molecule has 1 N–H and O–H groups in total. The van der Waals surface area contributed by atoms with Crippen LogP contribution in [0, 0.1) is 32.0 Å². The fraction of sp³-hybridized carbons (Fsp3) is 0.292. The lowest BCUT2D eigenvalue weighted by molar-refractivity contribution is 0.177. The highest BCUT2D eigenvalue weighted by molar-refractivity contribution is 7.16. The molecule has 1 unspecified atom stereocenters. The van der Waals surface area contributed by atoms with Gasteiger partial charge in [-0.3, -0.25) is 0 Å². The Morgan fingerprint density at radius 2 is 1.94 bits per heavy atom. The van der Waals surface area contributed by atoms with Crippen LogP contribution < -0.4 is 10.1 Å². The van der Waals surface area contributed by atoms with E-state index in [-0.39, 0.29) is 11.7 Å². The zero-order valence-electron chi connectivity index (χ0n) is 17.8. The van der Waals surface area contributed by atoms with Crippen LogP contribution in [0.4, 0.5) is 9.52 Å². The van der Waals surface area contributed by atoms with Crippen molar-refractivity contribution in [2.24, 2.45) is 0 Å². The maximum atomic E-state index is 13.4. The molecule has 0 amide bonds. The molecule has 0 aliphatic rings. The first-order valence-corrected chi connectivity index (χ1v) is 10.9. The van der Waals surface area contributed by atoms with Gasteiger partial charge in [-0.05, 0) is 49.2 Å². The smallest absolute Gasteiger partial charge is 0.184 e. The number of terminal acetylenes is 1. The molecular weight excluding hydrogens is 435 g/mol. The Bertz CT molecular complexity index is 1090. The minimum atomic E-state index is -0.392. The number of ether oxygens (including phenoxy) is 2. The van der Waals surface area contributed by atoms with Crippen molar-refractivity contribution >= 4 is 28.1 Å². The van der Waals surface area contributed by atoms with E-state index in [2.05, 4.69) is 11.2 Å². The lowest BCUT2D eigenvalue weighted by atomic mass is 9.92. The number of aromatic nitrogens is 1. The normalized spacial score (nSPS) is 12.8. The Morgan fingerprint density at radius 3 is 2.55 bits per heavy atom. The number of halogens is 2. The maximum absolute atomic E-state index is 13.4. The molecule has 0 spiro atoms. The fourth-order valence-corrected chi connectivity index (χ4v) is 4.55. The second kappa shape index (κ2) is 10.1. The van der Waals surface area contributed by atoms with Gasteiger partial charge in [0.1, 0.15) is 11.6 Å². The molecule has 0 aliphatic heterocycles. The van der Waals surface area contributed by atoms with E-state index in [1.54, 1.807) is 32.4 Å². The topological polar surface area (TPSA) is 43.4 Å². The fourth-order valence-electron chi connectivity index (χ4n) is 3.44. The highest BCUT2D eigenvalue weighted by Gasteiger charge is 2.24. The Kier molecular flexibility index (Phi) is 7.55. The third kappa shape index (κ3) is 5.19. The molecule has 0 aliphatic carbocycles. The number of nitrogens with one attached hydrogen (secondary N) is 1. The highest BCUT2D eigenvalue weighted by atomic mass is 35.5. The van der Waals surface area contributed by atoms with Gasteiger partial charge in [0.2, 0.25) is 0 Å². The molecule has 31 heavy (non-hydrogen) atoms. The van der Waals surface area contributed by atoms with Gasteiger partial charge in [0.05, 0.1) is 30.5 Å². The molecule has 7 heteroatoms. The summed E-state index contributed by atoms with van der Waals surface area (Å²) in [5, 5.41) is 4.60. The van der Waals surface area contributed by atoms with Crippen molar-refractivity contribution in [1.82, 2.24) is 4.98 Å². The van der Waals surface area contributed by atoms with Gasteiger partial charge in [-0.2, -0.15) is 0 Å². The van der Waals surface area contributed by atoms with Gasteiger partial charge >= 0.3 is 0 Å². The van der Waals surface area contributed by atoms with Gasteiger partial charge in [0, 0.05) is 23.5 Å². The summed E-state index contributed by atoms with van der Waals surface area (Å²) in [6.07, 6.45) is 5.85. The number of aryl methyl sites for hydroxylation is 2. The predicted octanol–water partition coefficient (Wildman–Crippen LogP) is 6.07. The van der Waals surface area contributed by atoms with Crippen LogP contribution >= 0.6 is 22.9 Å². The van der Waals surface area contributed by atoms with Gasteiger partial charge < -0.3 is 14.8 Å². The Hall–Kier alpha value is -2.59. The molecule has 2 aromatic carbocycles. The van der Waals surface area contributed by atoms with Crippen LogP contribution in [-0.4, -0.2) is 31.9 Å². The second-order valence-corrected chi connectivity index (χ2v) is 8.74. The van der Waals surface area contributed by atoms with E-state index in [0.29, 0.717) is 16.8 Å². The Morgan fingerprint density at radius 1 is 1.23 bits per heavy atom. The van der Waals surface area contributed by atoms with Gasteiger partial charge in [-0.1, -0.05) is 29.7 Å². The monoisotopic (exact) mass is 458 g/mol. The molecule has 162 valence electrons. The van der Waals surface area contributed by atoms with Crippen LogP contribution in [0.2, 0.25) is 5.02 Å². The number of hydrogen-bond acceptors (Lipinski definition) is 5. The second-order valence-electron chi connectivity index (χ2n) is 7.13. The highest BCUT2D eigenvalue weighted by Crippen LogP contribution is 2.38. The van der Waals surface area contributed by atoms with E-state index in [1.165, 1.54) is 23.5 Å². The lowest BCUT2D eigenvalue weighted by Gasteiger charge is -2.23. The van der Waals surface area contributed by atoms with E-state index in [9.17, 15) is 4.39 Å². The minimum absolute atomic E-state index is 0.171. The zero-order chi connectivity index (χ0) is 22.5. The molecule has 3 aromatic rings. The van der Waals surface area contributed by atoms with Crippen molar-refractivity contribution in [3.8, 4) is 29.4 Å². The summed E-state index contributed by atoms with van der Waals surface area (Å²) in [5.41, 5.74) is 3.50. The number of thiazole rings is 1. The summed E-state index contributed by atoms with van der Waals surface area (Å²) in [6, 6.07) is 9.67. The molecule has 0 saturated heterocycles. The summed E-state index contributed by atoms with van der Waals surface area (Å²) < 4.78 is 24.1. The van der Waals surface area contributed by atoms with E-state index < -0.39 is 6.04 Å². The van der Waals surface area contributed by atoms with E-state index in [0.717, 1.165) is 33.0 Å². The predicted molar refractivity (Wildman–Crippen MR) is 126 cm³/mol. The van der Waals surface area contributed by atoms with E-state index in [4.69, 9.17) is 32.5 Å². The number of rotatable bonds is 8. The Labute approximate surface area is 191 Å². The first-order valence-electron chi connectivity index (χ1n) is 9.67. The number of nitrogens with zero attached hydrogens (tertiary/aromatic N) is 1. The van der Waals surface area contributed by atoms with Crippen molar-refractivity contribution in [2.45, 2.75) is 25.8 Å². The average molecular weight is 459 g/mol. The van der Waals surface area contributed by atoms with Crippen molar-refractivity contribution in [3.63, 3.8) is 0 Å². The summed E-state index contributed by atoms with van der Waals surface area (Å²) in [6.45, 7) is 4.34. The molecule has 1 heterocycles. The lowest BCUT2D eigenvalue weighted by Crippen LogP contribution is -2.29. The number of hydrogen-bond donors (Lipinski definition) is 1. The van der Waals surface area contributed by atoms with Crippen molar-refractivity contribution in [3.05, 3.63) is 63.2 Å². The molecule has 0 fully saturated rings. The summed E-state index contributed by atoms with van der Waals surface area (Å²) in [4.78, 5) is 5.77. The molecule has 2 atom stereocenters. The van der Waals surface area contributed by atoms with Crippen LogP contribution in [0.25, 0.3) is 11.3 Å².